The van der Waals surface area contributed by atoms with E-state index in [-0.39, 0.29) is 11.8 Å². The van der Waals surface area contributed by atoms with Crippen molar-refractivity contribution in [3.8, 4) is 0 Å². The molecular weight excluding hydrogens is 374 g/mol. The van der Waals surface area contributed by atoms with E-state index in [1.807, 2.05) is 0 Å². The summed E-state index contributed by atoms with van der Waals surface area (Å²) >= 11 is 3.32. The van der Waals surface area contributed by atoms with E-state index >= 15 is 0 Å². The summed E-state index contributed by atoms with van der Waals surface area (Å²) in [5, 5.41) is 9.97. The highest BCUT2D eigenvalue weighted by Crippen LogP contribution is 2.17. The van der Waals surface area contributed by atoms with Crippen LogP contribution in [0.15, 0.2) is 65.7 Å². The van der Waals surface area contributed by atoms with Crippen molar-refractivity contribution < 1.29 is 9.59 Å². The number of para-hydroxylation sites is 1. The van der Waals surface area contributed by atoms with Crippen molar-refractivity contribution in [3.63, 3.8) is 0 Å². The summed E-state index contributed by atoms with van der Waals surface area (Å²) in [6, 6.07) is 13.7. The van der Waals surface area contributed by atoms with Gasteiger partial charge in [0.2, 0.25) is 0 Å². The van der Waals surface area contributed by atoms with Gasteiger partial charge in [0.15, 0.2) is 0 Å². The molecule has 0 unspecified atom stereocenters. The Kier molecular flexibility index (Phi) is 4.66. The monoisotopic (exact) mass is 385 g/mol. The third-order valence-corrected chi connectivity index (χ3v) is 3.70. The first-order chi connectivity index (χ1) is 11.6. The molecule has 24 heavy (non-hydrogen) atoms. The molecule has 0 saturated heterocycles. The van der Waals surface area contributed by atoms with Crippen molar-refractivity contribution in [2.45, 2.75) is 0 Å². The lowest BCUT2D eigenvalue weighted by Crippen LogP contribution is -2.23. The Morgan fingerprint density at radius 2 is 1.58 bits per heavy atom. The topological polar surface area (TPSA) is 88.9 Å². The highest BCUT2D eigenvalue weighted by atomic mass is 79.9. The zero-order valence-electron chi connectivity index (χ0n) is 12.3. The van der Waals surface area contributed by atoms with E-state index in [4.69, 9.17) is 0 Å². The third-order valence-electron chi connectivity index (χ3n) is 3.18. The van der Waals surface area contributed by atoms with E-state index in [1.54, 1.807) is 48.5 Å². The Bertz CT molecular complexity index is 862. The molecule has 1 aromatic heterocycles. The largest absolute Gasteiger partial charge is 0.321 e. The summed E-state index contributed by atoms with van der Waals surface area (Å²) in [7, 11) is 0. The van der Waals surface area contributed by atoms with Crippen molar-refractivity contribution in [3.05, 3.63) is 76.8 Å². The third kappa shape index (κ3) is 3.66. The number of benzene rings is 2. The molecule has 0 fully saturated rings. The molecule has 0 aliphatic heterocycles. The van der Waals surface area contributed by atoms with Gasteiger partial charge in [-0.25, -0.2) is 4.68 Å². The maximum atomic E-state index is 12.4. The number of rotatable bonds is 4. The van der Waals surface area contributed by atoms with E-state index in [9.17, 15) is 9.59 Å². The van der Waals surface area contributed by atoms with Crippen LogP contribution in [0.2, 0.25) is 0 Å². The molecule has 0 atom stereocenters. The molecule has 0 aliphatic carbocycles. The zero-order chi connectivity index (χ0) is 16.9. The van der Waals surface area contributed by atoms with Gasteiger partial charge in [0, 0.05) is 10.0 Å². The number of carbonyl (C=O) groups excluding carboxylic acids is 2. The summed E-state index contributed by atoms with van der Waals surface area (Å²) in [6.07, 6.45) is 2.72. The van der Waals surface area contributed by atoms with E-state index in [1.165, 1.54) is 17.3 Å². The second-order valence-electron chi connectivity index (χ2n) is 4.82. The molecule has 3 rings (SSSR count). The molecule has 3 aromatic rings. The summed E-state index contributed by atoms with van der Waals surface area (Å²) < 4.78 is 2.21. The summed E-state index contributed by atoms with van der Waals surface area (Å²) in [5.41, 5.74) is 3.83. The maximum absolute atomic E-state index is 12.4. The van der Waals surface area contributed by atoms with Gasteiger partial charge in [-0.05, 0) is 36.4 Å². The fourth-order valence-electron chi connectivity index (χ4n) is 2.02. The van der Waals surface area contributed by atoms with Crippen molar-refractivity contribution in [1.82, 2.24) is 14.9 Å². The first kappa shape index (κ1) is 15.9. The maximum Gasteiger partial charge on any atom is 0.272 e. The fraction of sp³-hybridized carbons (Fsp3) is 0. The number of halogens is 1. The van der Waals surface area contributed by atoms with Gasteiger partial charge in [-0.2, -0.15) is 0 Å². The number of amides is 2. The Balaban J connectivity index is 1.80. The quantitative estimate of drug-likeness (QED) is 0.722. The predicted octanol–water partition coefficient (Wildman–Crippen LogP) is 2.68. The smallest absolute Gasteiger partial charge is 0.272 e. The second kappa shape index (κ2) is 7.05. The Labute approximate surface area is 145 Å². The minimum Gasteiger partial charge on any atom is -0.321 e. The molecule has 0 bridgehead atoms. The Hall–Kier alpha value is -3.00. The fourth-order valence-corrected chi connectivity index (χ4v) is 2.29. The van der Waals surface area contributed by atoms with Crippen molar-refractivity contribution in [1.29, 1.82) is 0 Å². The van der Waals surface area contributed by atoms with Gasteiger partial charge in [0.1, 0.15) is 12.7 Å². The molecule has 0 radical (unpaired) electrons. The van der Waals surface area contributed by atoms with E-state index < -0.39 is 0 Å². The molecular formula is C16H12BrN5O2. The van der Waals surface area contributed by atoms with Crippen molar-refractivity contribution >= 4 is 33.4 Å². The van der Waals surface area contributed by atoms with Crippen LogP contribution in [0.3, 0.4) is 0 Å². The molecule has 1 heterocycles. The van der Waals surface area contributed by atoms with Crippen LogP contribution in [0.25, 0.3) is 0 Å². The Morgan fingerprint density at radius 3 is 2.29 bits per heavy atom. The molecule has 8 heteroatoms. The molecule has 0 aliphatic rings. The highest BCUT2D eigenvalue weighted by molar-refractivity contribution is 9.10. The van der Waals surface area contributed by atoms with E-state index in [0.29, 0.717) is 16.8 Å². The van der Waals surface area contributed by atoms with E-state index in [0.717, 1.165) is 4.47 Å². The van der Waals surface area contributed by atoms with Crippen molar-refractivity contribution in [2.75, 3.05) is 10.7 Å². The van der Waals surface area contributed by atoms with Gasteiger partial charge >= 0.3 is 0 Å². The molecule has 7 nitrogen and oxygen atoms in total. The second-order valence-corrected chi connectivity index (χ2v) is 5.73. The van der Waals surface area contributed by atoms with Crippen molar-refractivity contribution in [2.24, 2.45) is 0 Å². The molecule has 0 spiro atoms. The number of aromatic nitrogens is 3. The van der Waals surface area contributed by atoms with Crippen LogP contribution in [-0.2, 0) is 0 Å². The average molecular weight is 386 g/mol. The van der Waals surface area contributed by atoms with Gasteiger partial charge in [-0.3, -0.25) is 15.0 Å². The number of anilines is 1. The molecule has 2 amide bonds. The lowest BCUT2D eigenvalue weighted by molar-refractivity contribution is 0.101. The van der Waals surface area contributed by atoms with Crippen LogP contribution < -0.4 is 10.7 Å². The summed E-state index contributed by atoms with van der Waals surface area (Å²) in [4.78, 5) is 24.7. The number of nitrogens with zero attached hydrogens (tertiary/aromatic N) is 3. The molecule has 2 aromatic carbocycles. The van der Waals surface area contributed by atoms with Gasteiger partial charge < -0.3 is 5.32 Å². The Morgan fingerprint density at radius 1 is 0.917 bits per heavy atom. The first-order valence-corrected chi connectivity index (χ1v) is 7.75. The predicted molar refractivity (Wildman–Crippen MR) is 92.3 cm³/mol. The van der Waals surface area contributed by atoms with Gasteiger partial charge in [0.25, 0.3) is 11.8 Å². The highest BCUT2D eigenvalue weighted by Gasteiger charge is 2.14. The van der Waals surface area contributed by atoms with Crippen LogP contribution in [0.5, 0.6) is 0 Å². The number of nitrogens with one attached hydrogen (secondary N) is 2. The SMILES string of the molecule is O=C(Nc1ccccc1C(=O)Nn1cnnc1)c1ccc(Br)cc1. The van der Waals surface area contributed by atoms with Crippen LogP contribution in [0.1, 0.15) is 20.7 Å². The van der Waals surface area contributed by atoms with Gasteiger partial charge in [-0.15, -0.1) is 10.2 Å². The lowest BCUT2D eigenvalue weighted by atomic mass is 10.1. The van der Waals surface area contributed by atoms with Gasteiger partial charge in [-0.1, -0.05) is 28.1 Å². The lowest BCUT2D eigenvalue weighted by Gasteiger charge is -2.11. The summed E-state index contributed by atoms with van der Waals surface area (Å²) in [6.45, 7) is 0. The summed E-state index contributed by atoms with van der Waals surface area (Å²) in [5.74, 6) is -0.687. The van der Waals surface area contributed by atoms with Crippen LogP contribution in [0, 0.1) is 0 Å². The molecule has 120 valence electrons. The number of hydrogen-bond donors (Lipinski definition) is 2. The van der Waals surface area contributed by atoms with Crippen LogP contribution >= 0.6 is 15.9 Å². The van der Waals surface area contributed by atoms with Crippen LogP contribution in [0.4, 0.5) is 5.69 Å². The molecule has 0 saturated carbocycles. The van der Waals surface area contributed by atoms with E-state index in [2.05, 4.69) is 36.9 Å². The minimum absolute atomic E-state index is 0.299. The first-order valence-electron chi connectivity index (χ1n) is 6.95. The van der Waals surface area contributed by atoms with Gasteiger partial charge in [0.05, 0.1) is 11.3 Å². The molecule has 2 N–H and O–H groups in total. The number of carbonyl (C=O) groups is 2. The minimum atomic E-state index is -0.387. The standard InChI is InChI=1S/C16H12BrN5O2/c17-12-7-5-11(6-8-12)15(23)20-14-4-2-1-3-13(14)16(24)21-22-9-18-19-10-22/h1-10H,(H,20,23)(H,21,24). The average Bonchev–Trinajstić information content (AvgIpc) is 3.09. The normalized spacial score (nSPS) is 10.2. The number of hydrogen-bond acceptors (Lipinski definition) is 4. The van der Waals surface area contributed by atoms with Crippen LogP contribution in [-0.4, -0.2) is 26.7 Å². The zero-order valence-corrected chi connectivity index (χ0v) is 13.9.